The summed E-state index contributed by atoms with van der Waals surface area (Å²) in [5.41, 5.74) is 2.30. The lowest BCUT2D eigenvalue weighted by atomic mass is 9.75. The van der Waals surface area contributed by atoms with Gasteiger partial charge in [0.2, 0.25) is 0 Å². The maximum Gasteiger partial charge on any atom is 0.0724 e. The lowest BCUT2D eigenvalue weighted by molar-refractivity contribution is -0.0971. The summed E-state index contributed by atoms with van der Waals surface area (Å²) in [5.74, 6) is 0.412. The number of nitrogens with zero attached hydrogens (tertiary/aromatic N) is 2. The molecule has 3 aliphatic rings. The van der Waals surface area contributed by atoms with Gasteiger partial charge in [-0.1, -0.05) is 17.7 Å². The number of benzene rings is 1. The molecule has 0 aromatic heterocycles. The fourth-order valence-electron chi connectivity index (χ4n) is 4.83. The molecule has 148 valence electrons. The molecule has 4 rings (SSSR count). The molecule has 4 nitrogen and oxygen atoms in total. The zero-order valence-electron chi connectivity index (χ0n) is 15.7. The van der Waals surface area contributed by atoms with Crippen LogP contribution in [0.5, 0.6) is 0 Å². The van der Waals surface area contributed by atoms with Crippen molar-refractivity contribution >= 4 is 30.5 Å². The maximum atomic E-state index is 10.8. The number of fused-ring (bicyclic) bond motifs is 1. The predicted molar refractivity (Wildman–Crippen MR) is 113 cm³/mol. The van der Waals surface area contributed by atoms with E-state index in [-0.39, 0.29) is 24.8 Å². The molecular weight excluding hydrogens is 369 g/mol. The average molecular weight is 402 g/mol. The molecule has 2 atom stereocenters. The third kappa shape index (κ3) is 4.48. The fourth-order valence-corrected chi connectivity index (χ4v) is 4.83. The van der Waals surface area contributed by atoms with Gasteiger partial charge in [-0.15, -0.1) is 24.8 Å². The van der Waals surface area contributed by atoms with E-state index in [1.807, 2.05) is 0 Å². The number of likely N-dealkylation sites (tertiary alicyclic amines) is 1. The first-order chi connectivity index (χ1) is 11.6. The summed E-state index contributed by atoms with van der Waals surface area (Å²) in [4.78, 5) is 5.19. The number of hydrogen-bond acceptors (Lipinski definition) is 4. The lowest BCUT2D eigenvalue weighted by Gasteiger charge is -2.50. The molecule has 0 unspecified atom stereocenters. The Morgan fingerprint density at radius 2 is 1.73 bits per heavy atom. The number of rotatable bonds is 2. The number of piperidine rings is 3. The van der Waals surface area contributed by atoms with Crippen molar-refractivity contribution < 1.29 is 5.11 Å². The van der Waals surface area contributed by atoms with Crippen molar-refractivity contribution in [3.05, 3.63) is 29.8 Å². The topological polar surface area (TPSA) is 38.7 Å². The highest BCUT2D eigenvalue weighted by Gasteiger charge is 2.44. The van der Waals surface area contributed by atoms with E-state index in [4.69, 9.17) is 0 Å². The highest BCUT2D eigenvalue weighted by Crippen LogP contribution is 2.35. The second kappa shape index (κ2) is 9.11. The Kier molecular flexibility index (Phi) is 7.63. The molecule has 1 aromatic rings. The SMILES string of the molecule is Cc1ccc(N2CCC(N3CC[C@@]4(O)CCNC[C@H]4C3)CC2)cc1.Cl.Cl. The van der Waals surface area contributed by atoms with Crippen LogP contribution in [0.2, 0.25) is 0 Å². The fraction of sp³-hybridized carbons (Fsp3) is 0.700. The van der Waals surface area contributed by atoms with Gasteiger partial charge in [-0.2, -0.15) is 0 Å². The second-order valence-corrected chi connectivity index (χ2v) is 8.05. The van der Waals surface area contributed by atoms with Gasteiger partial charge in [0, 0.05) is 50.4 Å². The standard InChI is InChI=1S/C20H31N3O.2ClH/c1-16-2-4-18(5-3-16)22-11-6-19(7-12-22)23-13-9-20(24)8-10-21-14-17(20)15-23;;/h2-5,17,19,21,24H,6-15H2,1H3;2*1H/t17-,20-;;/m0../s1. The molecule has 6 heteroatoms. The minimum atomic E-state index is -0.398. The summed E-state index contributed by atoms with van der Waals surface area (Å²) >= 11 is 0. The van der Waals surface area contributed by atoms with Crippen molar-refractivity contribution in [2.24, 2.45) is 5.92 Å². The van der Waals surface area contributed by atoms with E-state index >= 15 is 0 Å². The van der Waals surface area contributed by atoms with Gasteiger partial charge in [-0.05, 0) is 51.3 Å². The van der Waals surface area contributed by atoms with E-state index in [0.29, 0.717) is 12.0 Å². The van der Waals surface area contributed by atoms with Gasteiger partial charge in [-0.25, -0.2) is 0 Å². The number of aliphatic hydroxyl groups is 1. The van der Waals surface area contributed by atoms with Crippen LogP contribution >= 0.6 is 24.8 Å². The van der Waals surface area contributed by atoms with Crippen LogP contribution in [-0.4, -0.2) is 60.9 Å². The Balaban J connectivity index is 0.00000121. The van der Waals surface area contributed by atoms with Crippen LogP contribution in [0, 0.1) is 12.8 Å². The third-order valence-corrected chi connectivity index (χ3v) is 6.55. The van der Waals surface area contributed by atoms with E-state index in [9.17, 15) is 5.11 Å². The van der Waals surface area contributed by atoms with E-state index in [1.165, 1.54) is 24.1 Å². The predicted octanol–water partition coefficient (Wildman–Crippen LogP) is 2.85. The van der Waals surface area contributed by atoms with Crippen molar-refractivity contribution in [3.63, 3.8) is 0 Å². The Bertz CT molecular complexity index is 563. The minimum Gasteiger partial charge on any atom is -0.389 e. The Hall–Kier alpha value is -0.520. The van der Waals surface area contributed by atoms with Crippen LogP contribution in [0.15, 0.2) is 24.3 Å². The second-order valence-electron chi connectivity index (χ2n) is 8.05. The minimum absolute atomic E-state index is 0. The number of nitrogens with one attached hydrogen (secondary N) is 1. The van der Waals surface area contributed by atoms with Gasteiger partial charge in [-0.3, -0.25) is 4.90 Å². The molecule has 3 saturated heterocycles. The van der Waals surface area contributed by atoms with Crippen molar-refractivity contribution in [1.29, 1.82) is 0 Å². The molecule has 0 amide bonds. The quantitative estimate of drug-likeness (QED) is 0.798. The zero-order chi connectivity index (χ0) is 16.6. The first kappa shape index (κ1) is 21.8. The average Bonchev–Trinajstić information content (AvgIpc) is 2.62. The van der Waals surface area contributed by atoms with Gasteiger partial charge < -0.3 is 15.3 Å². The monoisotopic (exact) mass is 401 g/mol. The number of hydrogen-bond donors (Lipinski definition) is 2. The first-order valence-corrected chi connectivity index (χ1v) is 9.63. The van der Waals surface area contributed by atoms with E-state index in [0.717, 1.165) is 52.1 Å². The molecule has 0 radical (unpaired) electrons. The lowest BCUT2D eigenvalue weighted by Crippen LogP contribution is -2.61. The summed E-state index contributed by atoms with van der Waals surface area (Å²) in [7, 11) is 0. The Morgan fingerprint density at radius 1 is 1.04 bits per heavy atom. The van der Waals surface area contributed by atoms with Gasteiger partial charge in [0.25, 0.3) is 0 Å². The smallest absolute Gasteiger partial charge is 0.0724 e. The Morgan fingerprint density at radius 3 is 2.42 bits per heavy atom. The van der Waals surface area contributed by atoms with Crippen LogP contribution in [0.3, 0.4) is 0 Å². The molecule has 3 aliphatic heterocycles. The highest BCUT2D eigenvalue weighted by molar-refractivity contribution is 5.85. The number of halogens is 2. The van der Waals surface area contributed by atoms with Crippen LogP contribution in [0.4, 0.5) is 5.69 Å². The molecule has 3 fully saturated rings. The summed E-state index contributed by atoms with van der Waals surface area (Å²) in [6, 6.07) is 9.62. The van der Waals surface area contributed by atoms with Crippen molar-refractivity contribution in [2.45, 2.75) is 44.2 Å². The summed E-state index contributed by atoms with van der Waals surface area (Å²) in [6.07, 6.45) is 4.37. The van der Waals surface area contributed by atoms with E-state index < -0.39 is 5.60 Å². The molecule has 0 aliphatic carbocycles. The van der Waals surface area contributed by atoms with Gasteiger partial charge in [0.05, 0.1) is 5.60 Å². The largest absolute Gasteiger partial charge is 0.389 e. The molecule has 1 aromatic carbocycles. The van der Waals surface area contributed by atoms with Crippen LogP contribution in [0.25, 0.3) is 0 Å². The Labute approximate surface area is 170 Å². The number of anilines is 1. The molecule has 0 spiro atoms. The highest BCUT2D eigenvalue weighted by atomic mass is 35.5. The molecule has 0 saturated carbocycles. The first-order valence-electron chi connectivity index (χ1n) is 9.63. The van der Waals surface area contributed by atoms with E-state index in [1.54, 1.807) is 0 Å². The molecule has 2 N–H and O–H groups in total. The molecule has 0 bridgehead atoms. The summed E-state index contributed by atoms with van der Waals surface area (Å²) in [6.45, 7) is 8.54. The van der Waals surface area contributed by atoms with Gasteiger partial charge in [0.15, 0.2) is 0 Å². The van der Waals surface area contributed by atoms with Crippen molar-refractivity contribution in [3.8, 4) is 0 Å². The molecule has 26 heavy (non-hydrogen) atoms. The third-order valence-electron chi connectivity index (χ3n) is 6.55. The van der Waals surface area contributed by atoms with Crippen LogP contribution < -0.4 is 10.2 Å². The van der Waals surface area contributed by atoms with Gasteiger partial charge in [0.1, 0.15) is 0 Å². The summed E-state index contributed by atoms with van der Waals surface area (Å²) < 4.78 is 0. The maximum absolute atomic E-state index is 10.8. The van der Waals surface area contributed by atoms with Crippen molar-refractivity contribution in [2.75, 3.05) is 44.2 Å². The van der Waals surface area contributed by atoms with Crippen LogP contribution in [0.1, 0.15) is 31.2 Å². The van der Waals surface area contributed by atoms with E-state index in [2.05, 4.69) is 46.3 Å². The van der Waals surface area contributed by atoms with Crippen LogP contribution in [-0.2, 0) is 0 Å². The van der Waals surface area contributed by atoms with Crippen molar-refractivity contribution in [1.82, 2.24) is 10.2 Å². The molecule has 3 heterocycles. The summed E-state index contributed by atoms with van der Waals surface area (Å²) in [5, 5.41) is 14.3. The normalized spacial score (nSPS) is 30.1. The van der Waals surface area contributed by atoms with Gasteiger partial charge >= 0.3 is 0 Å². The zero-order valence-corrected chi connectivity index (χ0v) is 17.3. The number of aryl methyl sites for hydroxylation is 1. The molecular formula is C20H33Cl2N3O.